The Balaban J connectivity index is 1.52. The number of benzene rings is 2. The monoisotopic (exact) mass is 457 g/mol. The van der Waals surface area contributed by atoms with Crippen LogP contribution in [0.4, 0.5) is 0 Å². The van der Waals surface area contributed by atoms with Crippen LogP contribution in [-0.2, 0) is 14.8 Å². The third-order valence-electron chi connectivity index (χ3n) is 6.01. The van der Waals surface area contributed by atoms with Gasteiger partial charge < -0.3 is 5.32 Å². The lowest BCUT2D eigenvalue weighted by atomic mass is 9.96. The van der Waals surface area contributed by atoms with Crippen molar-refractivity contribution in [3.05, 3.63) is 65.7 Å². The van der Waals surface area contributed by atoms with Crippen molar-refractivity contribution in [3.63, 3.8) is 0 Å². The lowest BCUT2D eigenvalue weighted by Crippen LogP contribution is -2.46. The van der Waals surface area contributed by atoms with Crippen LogP contribution in [0.1, 0.15) is 43.9 Å². The van der Waals surface area contributed by atoms with Gasteiger partial charge in [0.1, 0.15) is 0 Å². The summed E-state index contributed by atoms with van der Waals surface area (Å²) < 4.78 is 27.9. The van der Waals surface area contributed by atoms with Gasteiger partial charge in [0.2, 0.25) is 15.9 Å². The molecule has 6 nitrogen and oxygen atoms in total. The maximum atomic E-state index is 12.8. The number of hydrogen-bond donors (Lipinski definition) is 2. The largest absolute Gasteiger partial charge is 0.348 e. The van der Waals surface area contributed by atoms with Gasteiger partial charge >= 0.3 is 0 Å². The number of likely N-dealkylation sites (tertiary alicyclic amines) is 1. The van der Waals surface area contributed by atoms with Gasteiger partial charge in [0, 0.05) is 13.1 Å². The molecule has 2 aromatic rings. The Morgan fingerprint density at radius 2 is 1.78 bits per heavy atom. The van der Waals surface area contributed by atoms with Crippen LogP contribution in [0.5, 0.6) is 0 Å². The summed E-state index contributed by atoms with van der Waals surface area (Å²) in [6, 6.07) is 16.9. The Morgan fingerprint density at radius 1 is 1.09 bits per heavy atom. The van der Waals surface area contributed by atoms with Crippen LogP contribution in [0.3, 0.4) is 0 Å². The minimum atomic E-state index is -3.52. The van der Waals surface area contributed by atoms with Crippen molar-refractivity contribution in [1.29, 1.82) is 0 Å². The highest BCUT2D eigenvalue weighted by Gasteiger charge is 2.25. The zero-order valence-electron chi connectivity index (χ0n) is 19.3. The molecule has 0 saturated carbocycles. The molecular weight excluding hydrogens is 422 g/mol. The molecule has 1 heterocycles. The van der Waals surface area contributed by atoms with Crippen molar-refractivity contribution in [2.45, 2.75) is 44.6 Å². The van der Waals surface area contributed by atoms with Crippen LogP contribution in [0.25, 0.3) is 0 Å². The van der Waals surface area contributed by atoms with E-state index in [1.807, 2.05) is 37.3 Å². The molecule has 32 heavy (non-hydrogen) atoms. The molecule has 1 saturated heterocycles. The van der Waals surface area contributed by atoms with Gasteiger partial charge in [-0.15, -0.1) is 0 Å². The minimum absolute atomic E-state index is 0.00781. The molecule has 0 aliphatic carbocycles. The van der Waals surface area contributed by atoms with Crippen molar-refractivity contribution < 1.29 is 13.2 Å². The predicted molar refractivity (Wildman–Crippen MR) is 128 cm³/mol. The number of amides is 1. The molecule has 1 amide bonds. The van der Waals surface area contributed by atoms with Gasteiger partial charge in [-0.1, -0.05) is 61.9 Å². The Bertz CT molecular complexity index is 975. The second-order valence-corrected chi connectivity index (χ2v) is 10.9. The molecule has 2 atom stereocenters. The van der Waals surface area contributed by atoms with Gasteiger partial charge in [-0.2, -0.15) is 0 Å². The van der Waals surface area contributed by atoms with Crippen molar-refractivity contribution in [3.8, 4) is 0 Å². The van der Waals surface area contributed by atoms with Crippen LogP contribution in [0.2, 0.25) is 0 Å². The van der Waals surface area contributed by atoms with Crippen LogP contribution in [-0.4, -0.2) is 45.4 Å². The highest BCUT2D eigenvalue weighted by atomic mass is 32.2. The first kappa shape index (κ1) is 24.4. The number of carbonyl (C=O) groups is 1. The van der Waals surface area contributed by atoms with Crippen molar-refractivity contribution in [1.82, 2.24) is 14.9 Å². The lowest BCUT2D eigenvalue weighted by molar-refractivity contribution is -0.123. The molecule has 0 aromatic heterocycles. The second kappa shape index (κ2) is 11.1. The van der Waals surface area contributed by atoms with Crippen molar-refractivity contribution in [2.75, 3.05) is 26.2 Å². The van der Waals surface area contributed by atoms with E-state index >= 15 is 0 Å². The summed E-state index contributed by atoms with van der Waals surface area (Å²) in [6.07, 6.45) is 1.91. The summed E-state index contributed by atoms with van der Waals surface area (Å²) in [7, 11) is -3.52. The van der Waals surface area contributed by atoms with Gasteiger partial charge in [0.25, 0.3) is 0 Å². The number of nitrogens with one attached hydrogen (secondary N) is 2. The first-order valence-electron chi connectivity index (χ1n) is 11.4. The molecule has 1 fully saturated rings. The van der Waals surface area contributed by atoms with Crippen molar-refractivity contribution in [2.24, 2.45) is 11.8 Å². The Hall–Kier alpha value is -2.22. The summed E-state index contributed by atoms with van der Waals surface area (Å²) in [5, 5.41) is 3.19. The molecular formula is C25H35N3O3S. The molecule has 1 aliphatic rings. The summed E-state index contributed by atoms with van der Waals surface area (Å²) in [6.45, 7) is 8.42. The molecule has 2 unspecified atom stereocenters. The fourth-order valence-corrected chi connectivity index (χ4v) is 5.32. The maximum Gasteiger partial charge on any atom is 0.240 e. The normalized spacial score (nSPS) is 18.4. The lowest BCUT2D eigenvalue weighted by Gasteiger charge is -2.33. The number of rotatable bonds is 9. The number of hydrogen-bond acceptors (Lipinski definition) is 4. The number of piperidine rings is 1. The molecule has 0 bridgehead atoms. The molecule has 174 valence electrons. The zero-order valence-corrected chi connectivity index (χ0v) is 20.1. The second-order valence-electron chi connectivity index (χ2n) is 9.11. The van der Waals surface area contributed by atoms with E-state index < -0.39 is 10.0 Å². The highest BCUT2D eigenvalue weighted by molar-refractivity contribution is 7.89. The van der Waals surface area contributed by atoms with Crippen molar-refractivity contribution >= 4 is 15.9 Å². The van der Waals surface area contributed by atoms with E-state index in [2.05, 4.69) is 28.8 Å². The van der Waals surface area contributed by atoms with Gasteiger partial charge in [0.15, 0.2) is 0 Å². The Morgan fingerprint density at radius 3 is 2.44 bits per heavy atom. The quantitative estimate of drug-likeness (QED) is 0.604. The molecule has 7 heteroatoms. The molecule has 0 radical (unpaired) electrons. The summed E-state index contributed by atoms with van der Waals surface area (Å²) in [4.78, 5) is 15.2. The van der Waals surface area contributed by atoms with E-state index in [9.17, 15) is 13.2 Å². The number of aryl methyl sites for hydroxylation is 1. The predicted octanol–water partition coefficient (Wildman–Crippen LogP) is 3.50. The van der Waals surface area contributed by atoms with E-state index in [0.29, 0.717) is 19.6 Å². The highest BCUT2D eigenvalue weighted by Crippen LogP contribution is 2.22. The first-order valence-corrected chi connectivity index (χ1v) is 12.9. The molecule has 3 rings (SSSR count). The maximum absolute atomic E-state index is 12.8. The van der Waals surface area contributed by atoms with E-state index in [0.717, 1.165) is 30.5 Å². The summed E-state index contributed by atoms with van der Waals surface area (Å²) in [5.74, 6) is 0.479. The topological polar surface area (TPSA) is 78.5 Å². The fourth-order valence-electron chi connectivity index (χ4n) is 4.21. The van der Waals surface area contributed by atoms with Crippen LogP contribution in [0, 0.1) is 18.8 Å². The first-order chi connectivity index (χ1) is 15.2. The van der Waals surface area contributed by atoms with Gasteiger partial charge in [-0.05, 0) is 55.8 Å². The molecule has 0 spiro atoms. The van der Waals surface area contributed by atoms with Gasteiger partial charge in [0.05, 0.1) is 17.5 Å². The average molecular weight is 458 g/mol. The number of nitrogens with zero attached hydrogens (tertiary/aromatic N) is 1. The van der Waals surface area contributed by atoms with Gasteiger partial charge in [-0.25, -0.2) is 13.1 Å². The third-order valence-corrected chi connectivity index (χ3v) is 7.44. The molecule has 2 aromatic carbocycles. The SMILES string of the molecule is Cc1ccc(S(=O)(=O)NCC2CCCN(CC(=O)NC(c3ccccc3)C(C)C)C2)cc1. The molecule has 1 aliphatic heterocycles. The minimum Gasteiger partial charge on any atom is -0.348 e. The smallest absolute Gasteiger partial charge is 0.240 e. The summed E-state index contributed by atoms with van der Waals surface area (Å²) >= 11 is 0. The third kappa shape index (κ3) is 6.89. The Kier molecular flexibility index (Phi) is 8.45. The fraction of sp³-hybridized carbons (Fsp3) is 0.480. The zero-order chi connectivity index (χ0) is 23.1. The van der Waals surface area contributed by atoms with Crippen LogP contribution >= 0.6 is 0 Å². The van der Waals surface area contributed by atoms with E-state index in [1.54, 1.807) is 24.3 Å². The van der Waals surface area contributed by atoms with E-state index in [4.69, 9.17) is 0 Å². The van der Waals surface area contributed by atoms with E-state index in [-0.39, 0.29) is 28.7 Å². The Labute approximate surface area is 192 Å². The standard InChI is InChI=1S/C25H35N3O3S/c1-19(2)25(22-9-5-4-6-10-22)27-24(29)18-28-15-7-8-21(17-28)16-26-32(30,31)23-13-11-20(3)12-14-23/h4-6,9-14,19,21,25-26H,7-8,15-18H2,1-3H3,(H,27,29). The van der Waals surface area contributed by atoms with Crippen LogP contribution < -0.4 is 10.0 Å². The molecule has 2 N–H and O–H groups in total. The summed E-state index contributed by atoms with van der Waals surface area (Å²) in [5.41, 5.74) is 2.13. The number of sulfonamides is 1. The van der Waals surface area contributed by atoms with E-state index in [1.165, 1.54) is 0 Å². The van der Waals surface area contributed by atoms with Crippen LogP contribution in [0.15, 0.2) is 59.5 Å². The average Bonchev–Trinajstić information content (AvgIpc) is 2.77. The van der Waals surface area contributed by atoms with Gasteiger partial charge in [-0.3, -0.25) is 9.69 Å². The number of carbonyl (C=O) groups excluding carboxylic acids is 1.